The quantitative estimate of drug-likeness (QED) is 0.887. The number of rotatable bonds is 3. The highest BCUT2D eigenvalue weighted by Gasteiger charge is 2.28. The summed E-state index contributed by atoms with van der Waals surface area (Å²) in [6, 6.07) is 14.5. The van der Waals surface area contributed by atoms with Crippen LogP contribution < -0.4 is 10.6 Å². The number of halogens is 1. The first-order valence-corrected chi connectivity index (χ1v) is 8.57. The van der Waals surface area contributed by atoms with Crippen LogP contribution in [0.4, 0.5) is 5.69 Å². The molecule has 5 nitrogen and oxygen atoms in total. The molecule has 0 aromatic heterocycles. The fraction of sp³-hybridized carbons (Fsp3) is 0.263. The normalized spacial score (nSPS) is 17.2. The van der Waals surface area contributed by atoms with Gasteiger partial charge in [-0.25, -0.2) is 0 Å². The van der Waals surface area contributed by atoms with Crippen LogP contribution in [0.1, 0.15) is 28.9 Å². The molecule has 0 radical (unpaired) electrons. The van der Waals surface area contributed by atoms with E-state index in [1.165, 1.54) is 6.92 Å². The number of nitrogens with zero attached hydrogens (tertiary/aromatic N) is 1. The van der Waals surface area contributed by atoms with Crippen molar-refractivity contribution in [3.63, 3.8) is 0 Å². The first-order valence-electron chi connectivity index (χ1n) is 8.19. The zero-order valence-electron chi connectivity index (χ0n) is 14.0. The van der Waals surface area contributed by atoms with Crippen LogP contribution in [0.5, 0.6) is 0 Å². The zero-order valence-corrected chi connectivity index (χ0v) is 14.7. The maximum absolute atomic E-state index is 13.0. The monoisotopic (exact) mass is 357 g/mol. The molecule has 25 heavy (non-hydrogen) atoms. The molecule has 0 saturated carbocycles. The molecule has 1 fully saturated rings. The van der Waals surface area contributed by atoms with Crippen LogP contribution in [0.15, 0.2) is 48.5 Å². The molecule has 0 bridgehead atoms. The maximum Gasteiger partial charge on any atom is 0.254 e. The van der Waals surface area contributed by atoms with Crippen molar-refractivity contribution in [2.45, 2.75) is 13.0 Å². The number of piperazine rings is 1. The van der Waals surface area contributed by atoms with Gasteiger partial charge in [-0.1, -0.05) is 23.7 Å². The summed E-state index contributed by atoms with van der Waals surface area (Å²) in [6.45, 7) is 3.53. The Balaban J connectivity index is 1.82. The molecule has 1 saturated heterocycles. The van der Waals surface area contributed by atoms with Crippen LogP contribution >= 0.6 is 11.6 Å². The van der Waals surface area contributed by atoms with Gasteiger partial charge in [-0.2, -0.15) is 0 Å². The van der Waals surface area contributed by atoms with E-state index in [1.807, 2.05) is 29.2 Å². The summed E-state index contributed by atoms with van der Waals surface area (Å²) in [4.78, 5) is 26.0. The molecule has 130 valence electrons. The van der Waals surface area contributed by atoms with Gasteiger partial charge in [0.15, 0.2) is 0 Å². The third-order valence-corrected chi connectivity index (χ3v) is 4.43. The molecular weight excluding hydrogens is 338 g/mol. The first kappa shape index (κ1) is 17.5. The third-order valence-electron chi connectivity index (χ3n) is 4.19. The molecule has 1 heterocycles. The number of nitrogens with one attached hydrogen (secondary N) is 2. The number of hydrogen-bond acceptors (Lipinski definition) is 3. The summed E-state index contributed by atoms with van der Waals surface area (Å²) in [7, 11) is 0. The Hall–Kier alpha value is -2.37. The van der Waals surface area contributed by atoms with Crippen LogP contribution in [-0.4, -0.2) is 36.3 Å². The van der Waals surface area contributed by atoms with Crippen molar-refractivity contribution in [3.05, 3.63) is 64.7 Å². The number of hydrogen-bond donors (Lipinski definition) is 2. The van der Waals surface area contributed by atoms with Crippen molar-refractivity contribution in [2.24, 2.45) is 0 Å². The van der Waals surface area contributed by atoms with Crippen LogP contribution in [0.3, 0.4) is 0 Å². The van der Waals surface area contributed by atoms with Crippen molar-refractivity contribution in [2.75, 3.05) is 25.0 Å². The Morgan fingerprint density at radius 2 is 1.96 bits per heavy atom. The SMILES string of the molecule is CC(=O)Nc1ccc(C(=O)N2CCNCC2c2cccc(Cl)c2)cc1. The van der Waals surface area contributed by atoms with Gasteiger partial charge in [-0.05, 0) is 42.0 Å². The molecule has 2 N–H and O–H groups in total. The minimum atomic E-state index is -0.137. The highest BCUT2D eigenvalue weighted by molar-refractivity contribution is 6.30. The average Bonchev–Trinajstić information content (AvgIpc) is 2.61. The molecule has 3 rings (SSSR count). The lowest BCUT2D eigenvalue weighted by Gasteiger charge is -2.36. The van der Waals surface area contributed by atoms with Gasteiger partial charge in [0, 0.05) is 42.8 Å². The number of carbonyl (C=O) groups excluding carboxylic acids is 2. The minimum Gasteiger partial charge on any atom is -0.329 e. The van der Waals surface area contributed by atoms with Gasteiger partial charge in [0.05, 0.1) is 6.04 Å². The standard InChI is InChI=1S/C19H20ClN3O2/c1-13(24)22-17-7-5-14(6-8-17)19(25)23-10-9-21-12-18(23)15-3-2-4-16(20)11-15/h2-8,11,18,21H,9-10,12H2,1H3,(H,22,24). The topological polar surface area (TPSA) is 61.4 Å². The van der Waals surface area contributed by atoms with Crippen molar-refractivity contribution in [3.8, 4) is 0 Å². The summed E-state index contributed by atoms with van der Waals surface area (Å²) in [5, 5.41) is 6.70. The minimum absolute atomic E-state index is 0.0270. The summed E-state index contributed by atoms with van der Waals surface area (Å²) in [5.74, 6) is -0.164. The largest absolute Gasteiger partial charge is 0.329 e. The van der Waals surface area contributed by atoms with Gasteiger partial charge in [0.1, 0.15) is 0 Å². The van der Waals surface area contributed by atoms with Crippen molar-refractivity contribution in [1.29, 1.82) is 0 Å². The van der Waals surface area contributed by atoms with Crippen LogP contribution in [0.2, 0.25) is 5.02 Å². The highest BCUT2D eigenvalue weighted by Crippen LogP contribution is 2.26. The van der Waals surface area contributed by atoms with E-state index in [9.17, 15) is 9.59 Å². The molecule has 6 heteroatoms. The van der Waals surface area contributed by atoms with E-state index in [1.54, 1.807) is 24.3 Å². The molecule has 1 unspecified atom stereocenters. The van der Waals surface area contributed by atoms with Crippen molar-refractivity contribution in [1.82, 2.24) is 10.2 Å². The predicted molar refractivity (Wildman–Crippen MR) is 98.8 cm³/mol. The number of anilines is 1. The molecule has 2 aromatic carbocycles. The predicted octanol–water partition coefficient (Wildman–Crippen LogP) is 3.09. The lowest BCUT2D eigenvalue weighted by Crippen LogP contribution is -2.48. The number of amides is 2. The summed E-state index contributed by atoms with van der Waals surface area (Å²) < 4.78 is 0. The first-order chi connectivity index (χ1) is 12.0. The molecule has 2 amide bonds. The Bertz CT molecular complexity index is 776. The van der Waals surface area contributed by atoms with Gasteiger partial charge in [0.2, 0.25) is 5.91 Å². The summed E-state index contributed by atoms with van der Waals surface area (Å²) in [5.41, 5.74) is 2.29. The van der Waals surface area contributed by atoms with Gasteiger partial charge in [0.25, 0.3) is 5.91 Å². The van der Waals surface area contributed by atoms with Gasteiger partial charge in [-0.3, -0.25) is 9.59 Å². The Labute approximate surface area is 152 Å². The van der Waals surface area contributed by atoms with E-state index in [4.69, 9.17) is 11.6 Å². The second-order valence-corrected chi connectivity index (χ2v) is 6.47. The number of carbonyl (C=O) groups is 2. The lowest BCUT2D eigenvalue weighted by atomic mass is 10.0. The van der Waals surface area contributed by atoms with E-state index in [-0.39, 0.29) is 17.9 Å². The van der Waals surface area contributed by atoms with E-state index in [2.05, 4.69) is 10.6 Å². The third kappa shape index (κ3) is 4.18. The van der Waals surface area contributed by atoms with Gasteiger partial charge in [-0.15, -0.1) is 0 Å². The molecule has 1 aliphatic rings. The highest BCUT2D eigenvalue weighted by atomic mass is 35.5. The van der Waals surface area contributed by atoms with Gasteiger partial charge < -0.3 is 15.5 Å². The fourth-order valence-corrected chi connectivity index (χ4v) is 3.22. The van der Waals surface area contributed by atoms with Crippen molar-refractivity contribution >= 4 is 29.1 Å². The Morgan fingerprint density at radius 1 is 1.20 bits per heavy atom. The second-order valence-electron chi connectivity index (χ2n) is 6.03. The van der Waals surface area contributed by atoms with E-state index in [0.29, 0.717) is 29.4 Å². The molecular formula is C19H20ClN3O2. The Kier molecular flexibility index (Phi) is 5.36. The van der Waals surface area contributed by atoms with Crippen LogP contribution in [0.25, 0.3) is 0 Å². The molecule has 1 aliphatic heterocycles. The van der Waals surface area contributed by atoms with Crippen LogP contribution in [0, 0.1) is 0 Å². The van der Waals surface area contributed by atoms with E-state index < -0.39 is 0 Å². The Morgan fingerprint density at radius 3 is 2.64 bits per heavy atom. The fourth-order valence-electron chi connectivity index (χ4n) is 3.02. The molecule has 1 atom stereocenters. The van der Waals surface area contributed by atoms with E-state index >= 15 is 0 Å². The summed E-state index contributed by atoms with van der Waals surface area (Å²) >= 11 is 6.11. The van der Waals surface area contributed by atoms with E-state index in [0.717, 1.165) is 12.1 Å². The molecule has 2 aromatic rings. The molecule has 0 spiro atoms. The smallest absolute Gasteiger partial charge is 0.254 e. The lowest BCUT2D eigenvalue weighted by molar-refractivity contribution is -0.114. The zero-order chi connectivity index (χ0) is 17.8. The van der Waals surface area contributed by atoms with Crippen LogP contribution in [-0.2, 0) is 4.79 Å². The van der Waals surface area contributed by atoms with Crippen molar-refractivity contribution < 1.29 is 9.59 Å². The van der Waals surface area contributed by atoms with Gasteiger partial charge >= 0.3 is 0 Å². The number of benzene rings is 2. The average molecular weight is 358 g/mol. The maximum atomic E-state index is 13.0. The molecule has 0 aliphatic carbocycles. The summed E-state index contributed by atoms with van der Waals surface area (Å²) in [6.07, 6.45) is 0. The second kappa shape index (κ2) is 7.68.